The highest BCUT2D eigenvalue weighted by atomic mass is 35.5. The molecule has 2 rings (SSSR count). The first kappa shape index (κ1) is 17.5. The van der Waals surface area contributed by atoms with Gasteiger partial charge in [0.15, 0.2) is 0 Å². The first-order chi connectivity index (χ1) is 9.61. The van der Waals surface area contributed by atoms with Crippen LogP contribution in [0.25, 0.3) is 0 Å². The zero-order chi connectivity index (χ0) is 14.5. The number of nitrogens with one attached hydrogen (secondary N) is 2. The summed E-state index contributed by atoms with van der Waals surface area (Å²) in [5.74, 6) is -0.0882. The van der Waals surface area contributed by atoms with Crippen LogP contribution in [-0.2, 0) is 11.3 Å². The van der Waals surface area contributed by atoms with Crippen LogP contribution in [0.3, 0.4) is 0 Å². The van der Waals surface area contributed by atoms with Crippen molar-refractivity contribution in [2.75, 3.05) is 19.6 Å². The Hall–Kier alpha value is -1.60. The summed E-state index contributed by atoms with van der Waals surface area (Å²) >= 11 is 0. The summed E-state index contributed by atoms with van der Waals surface area (Å²) in [6.45, 7) is 4.38. The lowest BCUT2D eigenvalue weighted by Gasteiger charge is -2.28. The van der Waals surface area contributed by atoms with Crippen LogP contribution in [0.15, 0.2) is 21.9 Å². The number of hydrogen-bond donors (Lipinski definition) is 2. The molecule has 1 aliphatic heterocycles. The second-order valence-electron chi connectivity index (χ2n) is 4.97. The second-order valence-corrected chi connectivity index (χ2v) is 4.97. The number of nitrogens with zero attached hydrogens (tertiary/aromatic N) is 2. The lowest BCUT2D eigenvalue weighted by atomic mass is 10.2. The molecule has 0 aromatic carbocycles. The first-order valence-electron chi connectivity index (χ1n) is 6.91. The lowest BCUT2D eigenvalue weighted by molar-refractivity contribution is -0.134. The van der Waals surface area contributed by atoms with Crippen molar-refractivity contribution in [3.63, 3.8) is 0 Å². The molecule has 1 unspecified atom stereocenters. The van der Waals surface area contributed by atoms with E-state index in [1.807, 2.05) is 11.8 Å². The van der Waals surface area contributed by atoms with Crippen LogP contribution < -0.4 is 16.6 Å². The van der Waals surface area contributed by atoms with Gasteiger partial charge in [0, 0.05) is 31.4 Å². The van der Waals surface area contributed by atoms with Crippen LogP contribution >= 0.6 is 12.4 Å². The van der Waals surface area contributed by atoms with Gasteiger partial charge in [0.05, 0.1) is 0 Å². The molecule has 1 amide bonds. The average molecular weight is 317 g/mol. The van der Waals surface area contributed by atoms with Crippen LogP contribution in [0.5, 0.6) is 0 Å². The van der Waals surface area contributed by atoms with Gasteiger partial charge in [0.25, 0.3) is 5.56 Å². The standard InChI is InChI=1S/C13H20N4O3.ClH/c1-2-6-17(10-3-5-14-8-10)12(19)9-16-7-4-11(18)15-13(16)20;/h4,7,10,14H,2-3,5-6,8-9H2,1H3,(H,15,18,20);1H. The summed E-state index contributed by atoms with van der Waals surface area (Å²) in [4.78, 5) is 39.0. The predicted molar refractivity (Wildman–Crippen MR) is 81.8 cm³/mol. The number of halogens is 1. The number of carbonyl (C=O) groups is 1. The summed E-state index contributed by atoms with van der Waals surface area (Å²) < 4.78 is 1.23. The van der Waals surface area contributed by atoms with E-state index in [0.717, 1.165) is 25.9 Å². The van der Waals surface area contributed by atoms with E-state index < -0.39 is 11.2 Å². The Bertz CT molecular complexity index is 577. The second kappa shape index (κ2) is 7.99. The third-order valence-electron chi connectivity index (χ3n) is 3.46. The molecule has 0 aliphatic carbocycles. The fraction of sp³-hybridized carbons (Fsp3) is 0.615. The molecule has 0 spiro atoms. The Morgan fingerprint density at radius 3 is 2.81 bits per heavy atom. The number of carbonyl (C=O) groups excluding carboxylic acids is 1. The van der Waals surface area contributed by atoms with E-state index in [1.165, 1.54) is 16.8 Å². The largest absolute Gasteiger partial charge is 0.337 e. The molecule has 2 heterocycles. The molecule has 0 saturated carbocycles. The van der Waals surface area contributed by atoms with Gasteiger partial charge in [-0.25, -0.2) is 4.79 Å². The number of aromatic amines is 1. The Kier molecular flexibility index (Phi) is 6.64. The zero-order valence-corrected chi connectivity index (χ0v) is 12.8. The summed E-state index contributed by atoms with van der Waals surface area (Å²) in [6.07, 6.45) is 3.17. The monoisotopic (exact) mass is 316 g/mol. The first-order valence-corrected chi connectivity index (χ1v) is 6.91. The van der Waals surface area contributed by atoms with Crippen molar-refractivity contribution in [1.29, 1.82) is 0 Å². The van der Waals surface area contributed by atoms with Crippen molar-refractivity contribution < 1.29 is 4.79 Å². The van der Waals surface area contributed by atoms with Crippen molar-refractivity contribution in [2.45, 2.75) is 32.4 Å². The molecule has 118 valence electrons. The minimum Gasteiger partial charge on any atom is -0.337 e. The smallest absolute Gasteiger partial charge is 0.328 e. The summed E-state index contributed by atoms with van der Waals surface area (Å²) in [5.41, 5.74) is -1.00. The van der Waals surface area contributed by atoms with Crippen molar-refractivity contribution in [1.82, 2.24) is 19.8 Å². The number of H-pyrrole nitrogens is 1. The van der Waals surface area contributed by atoms with Crippen LogP contribution in [0.1, 0.15) is 19.8 Å². The van der Waals surface area contributed by atoms with Crippen LogP contribution in [0, 0.1) is 0 Å². The molecule has 1 saturated heterocycles. The van der Waals surface area contributed by atoms with Gasteiger partial charge in [0.1, 0.15) is 6.54 Å². The lowest BCUT2D eigenvalue weighted by Crippen LogP contribution is -2.45. The highest BCUT2D eigenvalue weighted by Gasteiger charge is 2.25. The van der Waals surface area contributed by atoms with Crippen LogP contribution in [-0.4, -0.2) is 46.0 Å². The summed E-state index contributed by atoms with van der Waals surface area (Å²) in [7, 11) is 0. The van der Waals surface area contributed by atoms with E-state index >= 15 is 0 Å². The molecule has 2 N–H and O–H groups in total. The van der Waals surface area contributed by atoms with E-state index in [-0.39, 0.29) is 30.9 Å². The van der Waals surface area contributed by atoms with Gasteiger partial charge in [-0.3, -0.25) is 19.1 Å². The van der Waals surface area contributed by atoms with Crippen LogP contribution in [0.4, 0.5) is 0 Å². The predicted octanol–water partition coefficient (Wildman–Crippen LogP) is -0.441. The Morgan fingerprint density at radius 1 is 1.48 bits per heavy atom. The van der Waals surface area contributed by atoms with Gasteiger partial charge >= 0.3 is 5.69 Å². The number of rotatable bonds is 5. The molecule has 0 radical (unpaired) electrons. The third-order valence-corrected chi connectivity index (χ3v) is 3.46. The molecule has 7 nitrogen and oxygen atoms in total. The quantitative estimate of drug-likeness (QED) is 0.771. The normalized spacial score (nSPS) is 17.3. The molecular weight excluding hydrogens is 296 g/mol. The average Bonchev–Trinajstić information content (AvgIpc) is 2.92. The van der Waals surface area contributed by atoms with Crippen molar-refractivity contribution in [3.8, 4) is 0 Å². The van der Waals surface area contributed by atoms with Gasteiger partial charge in [-0.05, 0) is 19.4 Å². The number of amides is 1. The van der Waals surface area contributed by atoms with Crippen LogP contribution in [0.2, 0.25) is 0 Å². The van der Waals surface area contributed by atoms with Gasteiger partial charge in [-0.15, -0.1) is 12.4 Å². The number of aromatic nitrogens is 2. The molecule has 1 fully saturated rings. The Labute approximate surface area is 128 Å². The van der Waals surface area contributed by atoms with E-state index in [0.29, 0.717) is 6.54 Å². The zero-order valence-electron chi connectivity index (χ0n) is 12.0. The molecule has 21 heavy (non-hydrogen) atoms. The minimum absolute atomic E-state index is 0. The van der Waals surface area contributed by atoms with Crippen molar-refractivity contribution >= 4 is 18.3 Å². The van der Waals surface area contributed by atoms with E-state index in [4.69, 9.17) is 0 Å². The molecule has 1 aromatic rings. The molecule has 1 aliphatic rings. The Morgan fingerprint density at radius 2 is 2.24 bits per heavy atom. The third kappa shape index (κ3) is 4.44. The highest BCUT2D eigenvalue weighted by molar-refractivity contribution is 5.85. The SMILES string of the molecule is CCCN(C(=O)Cn1ccc(=O)[nH]c1=O)C1CCNC1.Cl. The van der Waals surface area contributed by atoms with E-state index in [2.05, 4.69) is 10.3 Å². The maximum Gasteiger partial charge on any atom is 0.328 e. The number of hydrogen-bond acceptors (Lipinski definition) is 4. The topological polar surface area (TPSA) is 87.2 Å². The maximum atomic E-state index is 12.4. The Balaban J connectivity index is 0.00000220. The van der Waals surface area contributed by atoms with Gasteiger partial charge < -0.3 is 10.2 Å². The molecule has 1 atom stereocenters. The van der Waals surface area contributed by atoms with E-state index in [1.54, 1.807) is 0 Å². The summed E-state index contributed by atoms with van der Waals surface area (Å²) in [5, 5.41) is 3.24. The van der Waals surface area contributed by atoms with E-state index in [9.17, 15) is 14.4 Å². The molecule has 1 aromatic heterocycles. The van der Waals surface area contributed by atoms with Crippen molar-refractivity contribution in [2.24, 2.45) is 0 Å². The highest BCUT2D eigenvalue weighted by Crippen LogP contribution is 2.10. The molecular formula is C13H21ClN4O3. The maximum absolute atomic E-state index is 12.4. The van der Waals surface area contributed by atoms with Crippen molar-refractivity contribution in [3.05, 3.63) is 33.1 Å². The fourth-order valence-electron chi connectivity index (χ4n) is 2.46. The molecule has 0 bridgehead atoms. The van der Waals surface area contributed by atoms with Gasteiger partial charge in [-0.2, -0.15) is 0 Å². The minimum atomic E-state index is -0.549. The van der Waals surface area contributed by atoms with Gasteiger partial charge in [0.2, 0.25) is 5.91 Å². The van der Waals surface area contributed by atoms with Gasteiger partial charge in [-0.1, -0.05) is 6.92 Å². The summed E-state index contributed by atoms with van der Waals surface area (Å²) in [6, 6.07) is 1.44. The fourth-order valence-corrected chi connectivity index (χ4v) is 2.46. The molecule has 8 heteroatoms.